The maximum atomic E-state index is 13.9. The fourth-order valence-corrected chi connectivity index (χ4v) is 3.10. The summed E-state index contributed by atoms with van der Waals surface area (Å²) < 4.78 is 15.9. The second-order valence-electron chi connectivity index (χ2n) is 6.04. The highest BCUT2D eigenvalue weighted by Crippen LogP contribution is 2.18. The van der Waals surface area contributed by atoms with Crippen LogP contribution in [-0.4, -0.2) is 51.4 Å². The van der Waals surface area contributed by atoms with Crippen molar-refractivity contribution in [3.8, 4) is 0 Å². The largest absolute Gasteiger partial charge is 0.337 e. The van der Waals surface area contributed by atoms with Gasteiger partial charge in [0.1, 0.15) is 5.82 Å². The summed E-state index contributed by atoms with van der Waals surface area (Å²) in [6.07, 6.45) is 4.49. The molecule has 1 aliphatic rings. The molecule has 0 radical (unpaired) electrons. The molecule has 1 aromatic carbocycles. The molecule has 1 saturated heterocycles. The molecule has 3 rings (SSSR count). The molecular formula is C17H20ClFN4O. The van der Waals surface area contributed by atoms with E-state index in [1.54, 1.807) is 11.2 Å². The van der Waals surface area contributed by atoms with Gasteiger partial charge in [0, 0.05) is 51.0 Å². The summed E-state index contributed by atoms with van der Waals surface area (Å²) in [6, 6.07) is 4.09. The van der Waals surface area contributed by atoms with Crippen LogP contribution in [-0.2, 0) is 13.6 Å². The Morgan fingerprint density at radius 1 is 1.29 bits per heavy atom. The van der Waals surface area contributed by atoms with Crippen molar-refractivity contribution in [1.82, 2.24) is 19.4 Å². The van der Waals surface area contributed by atoms with E-state index in [2.05, 4.69) is 9.88 Å². The van der Waals surface area contributed by atoms with Crippen LogP contribution in [0.25, 0.3) is 0 Å². The lowest BCUT2D eigenvalue weighted by molar-refractivity contribution is 0.0756. The zero-order chi connectivity index (χ0) is 17.1. The van der Waals surface area contributed by atoms with Gasteiger partial charge >= 0.3 is 0 Å². The number of imidazole rings is 1. The Morgan fingerprint density at radius 3 is 2.88 bits per heavy atom. The lowest BCUT2D eigenvalue weighted by Gasteiger charge is -2.22. The number of halogens is 2. The summed E-state index contributed by atoms with van der Waals surface area (Å²) in [7, 11) is 1.97. The fourth-order valence-electron chi connectivity index (χ4n) is 2.93. The van der Waals surface area contributed by atoms with E-state index in [9.17, 15) is 9.18 Å². The van der Waals surface area contributed by atoms with E-state index in [1.165, 1.54) is 18.2 Å². The molecule has 0 N–H and O–H groups in total. The van der Waals surface area contributed by atoms with E-state index in [4.69, 9.17) is 11.6 Å². The van der Waals surface area contributed by atoms with Crippen molar-refractivity contribution in [1.29, 1.82) is 0 Å². The van der Waals surface area contributed by atoms with Crippen molar-refractivity contribution in [2.45, 2.75) is 13.0 Å². The summed E-state index contributed by atoms with van der Waals surface area (Å²) in [5.41, 5.74) is 1.18. The third kappa shape index (κ3) is 3.76. The maximum absolute atomic E-state index is 13.9. The van der Waals surface area contributed by atoms with Crippen LogP contribution in [0.15, 0.2) is 30.7 Å². The molecule has 0 aliphatic carbocycles. The Hall–Kier alpha value is -1.92. The van der Waals surface area contributed by atoms with Crippen LogP contribution in [0.4, 0.5) is 4.39 Å². The van der Waals surface area contributed by atoms with Crippen molar-refractivity contribution < 1.29 is 9.18 Å². The van der Waals surface area contributed by atoms with Gasteiger partial charge in [0.05, 0.1) is 17.6 Å². The average Bonchev–Trinajstić information content (AvgIpc) is 2.83. The minimum Gasteiger partial charge on any atom is -0.337 e. The first-order chi connectivity index (χ1) is 11.5. The predicted molar refractivity (Wildman–Crippen MR) is 90.4 cm³/mol. The van der Waals surface area contributed by atoms with Crippen LogP contribution in [0.5, 0.6) is 0 Å². The second kappa shape index (κ2) is 7.32. The van der Waals surface area contributed by atoms with Gasteiger partial charge in [-0.15, -0.1) is 0 Å². The number of aryl methyl sites for hydroxylation is 1. The van der Waals surface area contributed by atoms with Gasteiger partial charge in [0.25, 0.3) is 5.91 Å². The second-order valence-corrected chi connectivity index (χ2v) is 6.48. The topological polar surface area (TPSA) is 41.4 Å². The Labute approximate surface area is 145 Å². The van der Waals surface area contributed by atoms with Gasteiger partial charge in [-0.1, -0.05) is 11.6 Å². The number of hydrogen-bond acceptors (Lipinski definition) is 3. The number of carbonyl (C=O) groups excluding carboxylic acids is 1. The number of amides is 1. The number of aromatic nitrogens is 2. The summed E-state index contributed by atoms with van der Waals surface area (Å²) in [5.74, 6) is -0.822. The van der Waals surface area contributed by atoms with E-state index in [1.807, 2.05) is 17.8 Å². The van der Waals surface area contributed by atoms with Gasteiger partial charge in [0.2, 0.25) is 0 Å². The standard InChI is InChI=1S/C17H20ClFN4O/c1-21-12-20-10-14(21)11-22-5-2-6-23(8-7-22)17(24)15-9-13(18)3-4-16(15)19/h3-4,9-10,12H,2,5-8,11H2,1H3. The average molecular weight is 351 g/mol. The maximum Gasteiger partial charge on any atom is 0.256 e. The number of rotatable bonds is 3. The molecule has 7 heteroatoms. The lowest BCUT2D eigenvalue weighted by Crippen LogP contribution is -2.35. The number of carbonyl (C=O) groups is 1. The molecule has 5 nitrogen and oxygen atoms in total. The van der Waals surface area contributed by atoms with Gasteiger partial charge in [-0.3, -0.25) is 9.69 Å². The highest BCUT2D eigenvalue weighted by atomic mass is 35.5. The fraction of sp³-hybridized carbons (Fsp3) is 0.412. The van der Waals surface area contributed by atoms with Gasteiger partial charge in [-0.05, 0) is 24.6 Å². The number of benzene rings is 1. The lowest BCUT2D eigenvalue weighted by atomic mass is 10.2. The molecule has 2 aromatic rings. The van der Waals surface area contributed by atoms with Crippen LogP contribution in [0.3, 0.4) is 0 Å². The van der Waals surface area contributed by atoms with E-state index in [0.717, 1.165) is 31.7 Å². The minimum atomic E-state index is -0.527. The molecule has 2 heterocycles. The normalized spacial score (nSPS) is 16.2. The van der Waals surface area contributed by atoms with Crippen molar-refractivity contribution in [2.24, 2.45) is 7.05 Å². The van der Waals surface area contributed by atoms with Gasteiger partial charge in [-0.2, -0.15) is 0 Å². The monoisotopic (exact) mass is 350 g/mol. The smallest absolute Gasteiger partial charge is 0.256 e. The summed E-state index contributed by atoms with van der Waals surface area (Å²) in [5, 5.41) is 0.368. The first-order valence-electron chi connectivity index (χ1n) is 7.96. The van der Waals surface area contributed by atoms with E-state index in [-0.39, 0.29) is 11.5 Å². The highest BCUT2D eigenvalue weighted by molar-refractivity contribution is 6.31. The molecule has 0 saturated carbocycles. The van der Waals surface area contributed by atoms with Crippen LogP contribution in [0.2, 0.25) is 5.02 Å². The molecule has 1 fully saturated rings. The van der Waals surface area contributed by atoms with Crippen molar-refractivity contribution in [3.05, 3.63) is 52.8 Å². The summed E-state index contributed by atoms with van der Waals surface area (Å²) in [6.45, 7) is 3.63. The predicted octanol–water partition coefficient (Wildman–Crippen LogP) is 2.56. The zero-order valence-electron chi connectivity index (χ0n) is 13.6. The molecule has 24 heavy (non-hydrogen) atoms. The van der Waals surface area contributed by atoms with Crippen molar-refractivity contribution in [3.63, 3.8) is 0 Å². The van der Waals surface area contributed by atoms with Crippen molar-refractivity contribution >= 4 is 17.5 Å². The number of nitrogens with zero attached hydrogens (tertiary/aromatic N) is 4. The SMILES string of the molecule is Cn1cncc1CN1CCCN(C(=O)c2cc(Cl)ccc2F)CC1. The highest BCUT2D eigenvalue weighted by Gasteiger charge is 2.23. The number of hydrogen-bond donors (Lipinski definition) is 0. The van der Waals surface area contributed by atoms with Gasteiger partial charge in [0.15, 0.2) is 0 Å². The first-order valence-corrected chi connectivity index (χ1v) is 8.34. The van der Waals surface area contributed by atoms with Crippen LogP contribution in [0.1, 0.15) is 22.5 Å². The van der Waals surface area contributed by atoms with Crippen LogP contribution < -0.4 is 0 Å². The Kier molecular flexibility index (Phi) is 5.16. The Bertz CT molecular complexity index is 733. The molecule has 1 aliphatic heterocycles. The molecule has 0 atom stereocenters. The van der Waals surface area contributed by atoms with E-state index < -0.39 is 5.82 Å². The van der Waals surface area contributed by atoms with Gasteiger partial charge in [-0.25, -0.2) is 9.37 Å². The molecular weight excluding hydrogens is 331 g/mol. The molecule has 1 amide bonds. The van der Waals surface area contributed by atoms with Crippen LogP contribution in [0, 0.1) is 5.82 Å². The minimum absolute atomic E-state index is 0.0441. The third-order valence-electron chi connectivity index (χ3n) is 4.34. The van der Waals surface area contributed by atoms with Crippen molar-refractivity contribution in [2.75, 3.05) is 26.2 Å². The molecule has 0 bridgehead atoms. The zero-order valence-corrected chi connectivity index (χ0v) is 14.3. The summed E-state index contributed by atoms with van der Waals surface area (Å²) >= 11 is 5.90. The molecule has 0 unspecified atom stereocenters. The van der Waals surface area contributed by atoms with E-state index >= 15 is 0 Å². The van der Waals surface area contributed by atoms with E-state index in [0.29, 0.717) is 18.1 Å². The quantitative estimate of drug-likeness (QED) is 0.854. The molecule has 128 valence electrons. The first kappa shape index (κ1) is 16.9. The molecule has 1 aromatic heterocycles. The Morgan fingerprint density at radius 2 is 2.12 bits per heavy atom. The molecule has 0 spiro atoms. The third-order valence-corrected chi connectivity index (χ3v) is 4.57. The van der Waals surface area contributed by atoms with Crippen LogP contribution >= 0.6 is 11.6 Å². The summed E-state index contributed by atoms with van der Waals surface area (Å²) in [4.78, 5) is 20.7. The van der Waals surface area contributed by atoms with Gasteiger partial charge < -0.3 is 9.47 Å². The Balaban J connectivity index is 1.66.